The van der Waals surface area contributed by atoms with E-state index >= 15 is 0 Å². The van der Waals surface area contributed by atoms with Gasteiger partial charge in [0.2, 0.25) is 0 Å². The molecule has 9 aromatic heterocycles. The summed E-state index contributed by atoms with van der Waals surface area (Å²) < 4.78 is 33.5. The zero-order chi connectivity index (χ0) is 55.5. The van der Waals surface area contributed by atoms with Crippen LogP contribution in [0.15, 0.2) is 156 Å². The predicted octanol–water partition coefficient (Wildman–Crippen LogP) is 20.4. The summed E-state index contributed by atoms with van der Waals surface area (Å²) in [5, 5.41) is 3.79. The zero-order valence-corrected chi connectivity index (χ0v) is 54.2. The van der Waals surface area contributed by atoms with E-state index in [2.05, 4.69) is 120 Å². The minimum atomic E-state index is 0.00116. The van der Waals surface area contributed by atoms with Crippen molar-refractivity contribution in [2.24, 2.45) is 5.92 Å². The van der Waals surface area contributed by atoms with Crippen molar-refractivity contribution in [1.29, 1.82) is 0 Å². The van der Waals surface area contributed by atoms with Crippen LogP contribution >= 0.6 is 139 Å². The standard InChI is InChI=1S/C9H6ClNS.C9H7NS.C8H13NS.2C7H11NS.C6H6ClNS.C6H4N2S2.C4H5NS2/c10-8-3-1-7(2-4-8)9-5-6-11-12-9;1-2-4-8(5-3-1)9-6-7-10-11-9;1-6-5-9-10-7(6)8(2,3)4;1-5(2)7-6(3)4-8-9-7;1-6(2)5-7-3-4-8-9-7;7-6(2-3-6)5-1-4-8-9-5;1-2-8-10-5(1)6-7-3-4-9-6;1-6-4-2-3-5-7-4/h1-6H;1-7H;5H,1-4H3;4-5H,1-3H3;3-4,6H,5H2,1-2H3;1,4H,2-3H2;1-4H;2-3H,1H3. The SMILES string of the molecule is CC(C)Cc1ccns1.CSc1ccns1.Cc1cnsc1C(C)(C)C.Cc1cnsc1C(C)C.ClC1(c2ccns2)CC1.Clc1ccc(-c2ccns2)cc1.c1cc(-c2nccs2)sn1.c1ccc(-c2ccns2)cc1. The van der Waals surface area contributed by atoms with E-state index in [4.69, 9.17) is 23.2 Å². The van der Waals surface area contributed by atoms with Crippen molar-refractivity contribution in [3.8, 4) is 30.8 Å². The lowest BCUT2D eigenvalue weighted by Crippen LogP contribution is -2.09. The first-order chi connectivity index (χ1) is 37.1. The normalized spacial score (nSPS) is 11.7. The van der Waals surface area contributed by atoms with E-state index in [0.717, 1.165) is 33.7 Å². The van der Waals surface area contributed by atoms with E-state index in [-0.39, 0.29) is 10.3 Å². The highest BCUT2D eigenvalue weighted by Gasteiger charge is 2.43. The molecule has 0 unspecified atom stereocenters. The maximum Gasteiger partial charge on any atom is 0.134 e. The third-order valence-corrected chi connectivity index (χ3v) is 20.4. The highest BCUT2D eigenvalue weighted by molar-refractivity contribution is 8.00. The van der Waals surface area contributed by atoms with Crippen LogP contribution in [-0.4, -0.2) is 46.2 Å². The molecule has 0 amide bonds. The molecular weight excluding hydrogens is 1190 g/mol. The van der Waals surface area contributed by atoms with Gasteiger partial charge < -0.3 is 0 Å². The lowest BCUT2D eigenvalue weighted by Gasteiger charge is -2.16. The molecule has 11 aromatic rings. The van der Waals surface area contributed by atoms with Crippen molar-refractivity contribution in [1.82, 2.24) is 40.0 Å². The summed E-state index contributed by atoms with van der Waals surface area (Å²) in [7, 11) is 0. The van der Waals surface area contributed by atoms with E-state index < -0.39 is 0 Å². The Bertz CT molecular complexity index is 3080. The summed E-state index contributed by atoms with van der Waals surface area (Å²) >= 11 is 27.6. The largest absolute Gasteiger partial charge is 0.244 e. The highest BCUT2D eigenvalue weighted by Crippen LogP contribution is 2.53. The van der Waals surface area contributed by atoms with Gasteiger partial charge in [0, 0.05) is 85.7 Å². The van der Waals surface area contributed by atoms with Crippen LogP contribution in [0.1, 0.15) is 97.9 Å². The molecule has 77 heavy (non-hydrogen) atoms. The molecule has 2 aromatic carbocycles. The molecular formula is C56H63Cl2N9S10. The van der Waals surface area contributed by atoms with E-state index in [1.165, 1.54) is 120 Å². The Labute approximate surface area is 506 Å². The number of hydrogen-bond acceptors (Lipinski definition) is 19. The second-order valence-corrected chi connectivity index (χ2v) is 28.3. The molecule has 0 aliphatic heterocycles. The zero-order valence-electron chi connectivity index (χ0n) is 44.6. The van der Waals surface area contributed by atoms with Gasteiger partial charge in [0.05, 0.1) is 23.7 Å². The topological polar surface area (TPSA) is 116 Å². The maximum absolute atomic E-state index is 6.08. The van der Waals surface area contributed by atoms with Crippen LogP contribution in [0.25, 0.3) is 30.8 Å². The fourth-order valence-electron chi connectivity index (χ4n) is 6.36. The van der Waals surface area contributed by atoms with Gasteiger partial charge in [-0.2, -0.15) is 0 Å². The summed E-state index contributed by atoms with van der Waals surface area (Å²) in [6.07, 6.45) is 22.0. The molecule has 1 aliphatic rings. The number of aryl methyl sites for hydroxylation is 2. The molecule has 0 radical (unpaired) electrons. The van der Waals surface area contributed by atoms with Crippen molar-refractivity contribution in [2.45, 2.75) is 102 Å². The summed E-state index contributed by atoms with van der Waals surface area (Å²) in [6.45, 7) is 19.7. The molecule has 406 valence electrons. The molecule has 0 bridgehead atoms. The van der Waals surface area contributed by atoms with Crippen molar-refractivity contribution in [3.63, 3.8) is 0 Å². The summed E-state index contributed by atoms with van der Waals surface area (Å²) in [6, 6.07) is 30.1. The van der Waals surface area contributed by atoms with Crippen LogP contribution in [-0.2, 0) is 16.7 Å². The van der Waals surface area contributed by atoms with Crippen molar-refractivity contribution < 1.29 is 0 Å². The van der Waals surface area contributed by atoms with Gasteiger partial charge in [-0.3, -0.25) is 0 Å². The van der Waals surface area contributed by atoms with Crippen molar-refractivity contribution in [2.75, 3.05) is 6.26 Å². The van der Waals surface area contributed by atoms with Gasteiger partial charge in [-0.05, 0) is 220 Å². The molecule has 21 heteroatoms. The molecule has 12 rings (SSSR count). The Kier molecular flexibility index (Phi) is 28.4. The van der Waals surface area contributed by atoms with E-state index in [1.54, 1.807) is 76.3 Å². The first-order valence-corrected chi connectivity index (χ1v) is 33.3. The molecule has 0 spiro atoms. The Morgan fingerprint density at radius 2 is 1.12 bits per heavy atom. The van der Waals surface area contributed by atoms with E-state index in [0.29, 0.717) is 5.92 Å². The average Bonchev–Trinajstić information content (AvgIpc) is 4.28. The fourth-order valence-corrected chi connectivity index (χ4v) is 13.2. The number of benzene rings is 2. The van der Waals surface area contributed by atoms with Crippen LogP contribution in [0.3, 0.4) is 0 Å². The lowest BCUT2D eigenvalue weighted by atomic mass is 9.92. The Morgan fingerprint density at radius 3 is 1.51 bits per heavy atom. The Hall–Kier alpha value is -3.96. The van der Waals surface area contributed by atoms with Crippen LogP contribution < -0.4 is 0 Å². The second kappa shape index (κ2) is 34.2. The van der Waals surface area contributed by atoms with Crippen molar-refractivity contribution in [3.05, 3.63) is 188 Å². The van der Waals surface area contributed by atoms with Gasteiger partial charge in [0.1, 0.15) is 5.01 Å². The number of aromatic nitrogens is 9. The third kappa shape index (κ3) is 23.7. The number of nitrogens with zero attached hydrogens (tertiary/aromatic N) is 9. The number of halogens is 2. The summed E-state index contributed by atoms with van der Waals surface area (Å²) in [5.74, 6) is 1.39. The summed E-state index contributed by atoms with van der Waals surface area (Å²) in [4.78, 5) is 13.1. The van der Waals surface area contributed by atoms with Crippen LogP contribution in [0.5, 0.6) is 0 Å². The Balaban J connectivity index is 0.000000163. The average molecular weight is 1250 g/mol. The third-order valence-electron chi connectivity index (χ3n) is 10.2. The molecule has 0 atom stereocenters. The number of alkyl halides is 1. The molecule has 1 saturated carbocycles. The smallest absolute Gasteiger partial charge is 0.134 e. The number of thioether (sulfide) groups is 1. The Morgan fingerprint density at radius 1 is 0.571 bits per heavy atom. The molecule has 0 saturated heterocycles. The van der Waals surface area contributed by atoms with Gasteiger partial charge in [-0.1, -0.05) is 103 Å². The quantitative estimate of drug-likeness (QED) is 0.108. The van der Waals surface area contributed by atoms with Gasteiger partial charge in [0.25, 0.3) is 0 Å². The lowest BCUT2D eigenvalue weighted by molar-refractivity contribution is 0.600. The van der Waals surface area contributed by atoms with Gasteiger partial charge in [-0.15, -0.1) is 34.7 Å². The van der Waals surface area contributed by atoms with Gasteiger partial charge in [-0.25, -0.2) is 40.0 Å². The van der Waals surface area contributed by atoms with Crippen LogP contribution in [0.4, 0.5) is 0 Å². The van der Waals surface area contributed by atoms with Crippen LogP contribution in [0, 0.1) is 19.8 Å². The molecule has 1 fully saturated rings. The first kappa shape index (κ1) is 63.9. The molecule has 1 aliphatic carbocycles. The minimum Gasteiger partial charge on any atom is -0.244 e. The minimum absolute atomic E-state index is 0.00116. The number of rotatable bonds is 8. The fraction of sp³-hybridized carbons (Fsp3) is 0.304. The first-order valence-electron chi connectivity index (χ1n) is 24.3. The predicted molar refractivity (Wildman–Crippen MR) is 343 cm³/mol. The monoisotopic (exact) mass is 1250 g/mol. The highest BCUT2D eigenvalue weighted by atomic mass is 35.5. The number of hydrogen-bond donors (Lipinski definition) is 0. The van der Waals surface area contributed by atoms with Gasteiger partial charge >= 0.3 is 0 Å². The van der Waals surface area contributed by atoms with Crippen LogP contribution in [0.2, 0.25) is 5.02 Å². The van der Waals surface area contributed by atoms with E-state index in [1.807, 2.05) is 122 Å². The molecule has 9 heterocycles. The molecule has 9 nitrogen and oxygen atoms in total. The molecule has 0 N–H and O–H groups in total. The second-order valence-electron chi connectivity index (χ2n) is 18.4. The number of thiazole rings is 1. The maximum atomic E-state index is 6.08. The van der Waals surface area contributed by atoms with E-state index in [9.17, 15) is 0 Å². The summed E-state index contributed by atoms with van der Waals surface area (Å²) in [5.41, 5.74) is 5.33. The van der Waals surface area contributed by atoms with Gasteiger partial charge in [0.15, 0.2) is 0 Å². The van der Waals surface area contributed by atoms with Crippen molar-refractivity contribution >= 4 is 139 Å².